The van der Waals surface area contributed by atoms with Crippen LogP contribution in [0, 0.1) is 0 Å². The van der Waals surface area contributed by atoms with Crippen LogP contribution in [0.5, 0.6) is 0 Å². The molecule has 0 bridgehead atoms. The van der Waals surface area contributed by atoms with E-state index in [-0.39, 0.29) is 6.10 Å². The van der Waals surface area contributed by atoms with E-state index in [0.29, 0.717) is 0 Å². The molecule has 0 saturated heterocycles. The van der Waals surface area contributed by atoms with E-state index in [9.17, 15) is 5.11 Å². The van der Waals surface area contributed by atoms with Crippen LogP contribution in [0.2, 0.25) is 0 Å². The minimum absolute atomic E-state index is 0.115. The Morgan fingerprint density at radius 2 is 1.04 bits per heavy atom. The molecule has 0 aliphatic carbocycles. The predicted octanol–water partition coefficient (Wildman–Crippen LogP) is 7.97. The third-order valence-electron chi connectivity index (χ3n) is 4.94. The van der Waals surface area contributed by atoms with Crippen molar-refractivity contribution in [2.75, 3.05) is 0 Å². The molecule has 1 heteroatoms. The third-order valence-corrected chi connectivity index (χ3v) is 4.94. The van der Waals surface area contributed by atoms with Crippen molar-refractivity contribution in [3.63, 3.8) is 0 Å². The molecule has 0 saturated carbocycles. The Morgan fingerprint density at radius 1 is 0.583 bits per heavy atom. The Morgan fingerprint density at radius 3 is 1.58 bits per heavy atom. The molecule has 0 amide bonds. The average Bonchev–Trinajstić information content (AvgIpc) is 2.59. The average molecular weight is 339 g/mol. The van der Waals surface area contributed by atoms with Gasteiger partial charge in [-0.3, -0.25) is 0 Å². The van der Waals surface area contributed by atoms with Gasteiger partial charge in [0.05, 0.1) is 6.10 Å². The highest BCUT2D eigenvalue weighted by molar-refractivity contribution is 4.84. The number of rotatable bonds is 19. The molecule has 0 aromatic carbocycles. The molecule has 0 spiro atoms. The number of hydrogen-bond donors (Lipinski definition) is 1. The second-order valence-electron chi connectivity index (χ2n) is 7.53. The molecule has 0 aromatic rings. The molecule has 0 heterocycles. The van der Waals surface area contributed by atoms with E-state index in [1.165, 1.54) is 103 Å². The van der Waals surface area contributed by atoms with Gasteiger partial charge in [0.1, 0.15) is 0 Å². The summed E-state index contributed by atoms with van der Waals surface area (Å²) in [4.78, 5) is 0. The van der Waals surface area contributed by atoms with Gasteiger partial charge in [0, 0.05) is 0 Å². The van der Waals surface area contributed by atoms with Crippen LogP contribution < -0.4 is 0 Å². The summed E-state index contributed by atoms with van der Waals surface area (Å²) in [6, 6.07) is 0. The van der Waals surface area contributed by atoms with Crippen LogP contribution in [-0.2, 0) is 0 Å². The lowest BCUT2D eigenvalue weighted by molar-refractivity contribution is 0.163. The van der Waals surface area contributed by atoms with Gasteiger partial charge in [-0.2, -0.15) is 0 Å². The predicted molar refractivity (Wildman–Crippen MR) is 110 cm³/mol. The molecule has 24 heavy (non-hydrogen) atoms. The zero-order valence-electron chi connectivity index (χ0n) is 16.9. The van der Waals surface area contributed by atoms with Crippen molar-refractivity contribution >= 4 is 0 Å². The quantitative estimate of drug-likeness (QED) is 0.187. The Balaban J connectivity index is 3.20. The SMILES string of the molecule is CCCCCCCCCCCC/C=C/C[C@@H](O)CCCCCCC. The third kappa shape index (κ3) is 19.7. The Bertz CT molecular complexity index is 246. The van der Waals surface area contributed by atoms with Crippen molar-refractivity contribution in [2.24, 2.45) is 0 Å². The molecule has 0 aromatic heterocycles. The van der Waals surface area contributed by atoms with Gasteiger partial charge in [0.2, 0.25) is 0 Å². The van der Waals surface area contributed by atoms with E-state index in [2.05, 4.69) is 26.0 Å². The molecule has 1 nitrogen and oxygen atoms in total. The normalized spacial score (nSPS) is 13.0. The lowest BCUT2D eigenvalue weighted by Crippen LogP contribution is -2.04. The summed E-state index contributed by atoms with van der Waals surface area (Å²) in [6.45, 7) is 4.53. The van der Waals surface area contributed by atoms with E-state index in [1.54, 1.807) is 0 Å². The minimum Gasteiger partial charge on any atom is -0.393 e. The standard InChI is InChI=1S/C23H46O/c1-3-5-7-9-10-11-12-13-14-15-16-18-20-22-23(24)21-19-17-8-6-4-2/h18,20,23-24H,3-17,19,21-22H2,1-2H3/b20-18+/t23-/m0/s1. The minimum atomic E-state index is -0.115. The fourth-order valence-electron chi connectivity index (χ4n) is 3.22. The van der Waals surface area contributed by atoms with Gasteiger partial charge < -0.3 is 5.11 Å². The summed E-state index contributed by atoms with van der Waals surface area (Å²) in [7, 11) is 0. The second-order valence-corrected chi connectivity index (χ2v) is 7.53. The van der Waals surface area contributed by atoms with Crippen molar-refractivity contribution in [3.05, 3.63) is 12.2 Å². The molecule has 0 unspecified atom stereocenters. The molecule has 0 radical (unpaired) electrons. The molecular weight excluding hydrogens is 292 g/mol. The van der Waals surface area contributed by atoms with Crippen molar-refractivity contribution in [1.29, 1.82) is 0 Å². The molecular formula is C23H46O. The summed E-state index contributed by atoms with van der Waals surface area (Å²) in [5, 5.41) is 9.93. The maximum Gasteiger partial charge on any atom is 0.0574 e. The first-order chi connectivity index (χ1) is 11.8. The fraction of sp³-hybridized carbons (Fsp3) is 0.913. The molecule has 1 atom stereocenters. The zero-order valence-corrected chi connectivity index (χ0v) is 16.9. The van der Waals surface area contributed by atoms with Crippen LogP contribution in [-0.4, -0.2) is 11.2 Å². The summed E-state index contributed by atoms with van der Waals surface area (Å²) in [5.74, 6) is 0. The van der Waals surface area contributed by atoms with Gasteiger partial charge >= 0.3 is 0 Å². The largest absolute Gasteiger partial charge is 0.393 e. The number of hydrogen-bond acceptors (Lipinski definition) is 1. The van der Waals surface area contributed by atoms with E-state index in [4.69, 9.17) is 0 Å². The van der Waals surface area contributed by atoms with E-state index in [0.717, 1.165) is 12.8 Å². The first-order valence-electron chi connectivity index (χ1n) is 11.1. The molecule has 0 rings (SSSR count). The number of aliphatic hydroxyl groups excluding tert-OH is 1. The lowest BCUT2D eigenvalue weighted by Gasteiger charge is -2.07. The molecule has 1 N–H and O–H groups in total. The number of aliphatic hydroxyl groups is 1. The van der Waals surface area contributed by atoms with Crippen molar-refractivity contribution in [2.45, 2.75) is 136 Å². The Labute approximate surface area is 153 Å². The summed E-state index contributed by atoms with van der Waals surface area (Å²) in [5.41, 5.74) is 0. The summed E-state index contributed by atoms with van der Waals surface area (Å²) >= 11 is 0. The Kier molecular flexibility index (Phi) is 20.5. The lowest BCUT2D eigenvalue weighted by atomic mass is 10.0. The second kappa shape index (κ2) is 20.7. The first-order valence-corrected chi connectivity index (χ1v) is 11.1. The van der Waals surface area contributed by atoms with Gasteiger partial charge in [-0.25, -0.2) is 0 Å². The van der Waals surface area contributed by atoms with Crippen LogP contribution >= 0.6 is 0 Å². The van der Waals surface area contributed by atoms with E-state index in [1.807, 2.05) is 0 Å². The highest BCUT2D eigenvalue weighted by atomic mass is 16.3. The van der Waals surface area contributed by atoms with Gasteiger partial charge in [-0.1, -0.05) is 116 Å². The van der Waals surface area contributed by atoms with Crippen molar-refractivity contribution < 1.29 is 5.11 Å². The maximum atomic E-state index is 9.93. The van der Waals surface area contributed by atoms with Crippen molar-refractivity contribution in [3.8, 4) is 0 Å². The van der Waals surface area contributed by atoms with E-state index >= 15 is 0 Å². The summed E-state index contributed by atoms with van der Waals surface area (Å²) < 4.78 is 0. The van der Waals surface area contributed by atoms with Crippen LogP contribution in [0.15, 0.2) is 12.2 Å². The van der Waals surface area contributed by atoms with Crippen molar-refractivity contribution in [1.82, 2.24) is 0 Å². The molecule has 0 aliphatic rings. The first kappa shape index (κ1) is 23.7. The van der Waals surface area contributed by atoms with Gasteiger partial charge in [-0.05, 0) is 25.7 Å². The van der Waals surface area contributed by atoms with E-state index < -0.39 is 0 Å². The van der Waals surface area contributed by atoms with Crippen LogP contribution in [0.1, 0.15) is 129 Å². The van der Waals surface area contributed by atoms with Gasteiger partial charge in [0.25, 0.3) is 0 Å². The van der Waals surface area contributed by atoms with Crippen LogP contribution in [0.3, 0.4) is 0 Å². The zero-order chi connectivity index (χ0) is 17.7. The van der Waals surface area contributed by atoms with Crippen LogP contribution in [0.4, 0.5) is 0 Å². The highest BCUT2D eigenvalue weighted by Gasteiger charge is 2.00. The maximum absolute atomic E-state index is 9.93. The molecule has 0 fully saturated rings. The Hall–Kier alpha value is -0.300. The smallest absolute Gasteiger partial charge is 0.0574 e. The van der Waals surface area contributed by atoms with Gasteiger partial charge in [-0.15, -0.1) is 0 Å². The highest BCUT2D eigenvalue weighted by Crippen LogP contribution is 2.12. The summed E-state index contributed by atoms with van der Waals surface area (Å²) in [6.07, 6.45) is 27.9. The number of unbranched alkanes of at least 4 members (excludes halogenated alkanes) is 14. The number of allylic oxidation sites excluding steroid dienone is 1. The topological polar surface area (TPSA) is 20.2 Å². The van der Waals surface area contributed by atoms with Crippen LogP contribution in [0.25, 0.3) is 0 Å². The fourth-order valence-corrected chi connectivity index (χ4v) is 3.22. The molecule has 144 valence electrons. The van der Waals surface area contributed by atoms with Gasteiger partial charge in [0.15, 0.2) is 0 Å². The molecule has 0 aliphatic heterocycles. The monoisotopic (exact) mass is 338 g/mol.